The van der Waals surface area contributed by atoms with Crippen LogP contribution in [0.3, 0.4) is 0 Å². The minimum Gasteiger partial charge on any atom is -0.545 e. The van der Waals surface area contributed by atoms with Crippen LogP contribution in [-0.4, -0.2) is 41.2 Å². The van der Waals surface area contributed by atoms with Crippen LogP contribution >= 0.6 is 0 Å². The zero-order valence-corrected chi connectivity index (χ0v) is 11.8. The molecule has 2 fully saturated rings. The fraction of sp³-hybridized carbons (Fsp3) is 0.312. The fourth-order valence-electron chi connectivity index (χ4n) is 3.69. The molecule has 3 aliphatic rings. The maximum Gasteiger partial charge on any atom is 0.241 e. The summed E-state index contributed by atoms with van der Waals surface area (Å²) in [6.45, 7) is -0.377. The van der Waals surface area contributed by atoms with Gasteiger partial charge in [-0.2, -0.15) is 0 Å². The first-order valence-corrected chi connectivity index (χ1v) is 7.16. The van der Waals surface area contributed by atoms with Crippen LogP contribution in [0.5, 0.6) is 0 Å². The van der Waals surface area contributed by atoms with Gasteiger partial charge in [0, 0.05) is 0 Å². The number of carbonyl (C=O) groups is 3. The van der Waals surface area contributed by atoms with Crippen LogP contribution in [0.4, 0.5) is 5.69 Å². The summed E-state index contributed by atoms with van der Waals surface area (Å²) in [5.74, 6) is -3.58. The van der Waals surface area contributed by atoms with Crippen molar-refractivity contribution in [3.8, 4) is 0 Å². The second kappa shape index (κ2) is 4.50. The normalized spacial score (nSPS) is 34.3. The number of carboxylic acid groups (broad SMARTS) is 1. The number of imide groups is 1. The summed E-state index contributed by atoms with van der Waals surface area (Å²) >= 11 is 0. The zero-order chi connectivity index (χ0) is 16.4. The third kappa shape index (κ3) is 1.68. The van der Waals surface area contributed by atoms with Crippen LogP contribution in [0.2, 0.25) is 0 Å². The Labute approximate surface area is 130 Å². The molecule has 118 valence electrons. The van der Waals surface area contributed by atoms with Gasteiger partial charge in [-0.25, -0.2) is 4.90 Å². The highest BCUT2D eigenvalue weighted by molar-refractivity contribution is 6.23. The van der Waals surface area contributed by atoms with Crippen molar-refractivity contribution in [1.29, 1.82) is 0 Å². The average molecular weight is 314 g/mol. The lowest BCUT2D eigenvalue weighted by molar-refractivity contribution is -0.255. The number of hydrogen-bond donors (Lipinski definition) is 1. The standard InChI is InChI=1S/C16H13NO6/c18-7-16-6-5-10(23-16)11-12(16)14(20)17(13(11)19)9-3-1-8(2-4-9)15(21)22/h1-6,10-12,18H,7H2,(H,21,22)/p-1/t10-,11-,12-,16+/m0/s1. The van der Waals surface area contributed by atoms with E-state index in [-0.39, 0.29) is 12.2 Å². The molecule has 23 heavy (non-hydrogen) atoms. The number of carboxylic acids is 1. The van der Waals surface area contributed by atoms with Gasteiger partial charge in [-0.1, -0.05) is 24.3 Å². The quantitative estimate of drug-likeness (QED) is 0.558. The van der Waals surface area contributed by atoms with Crippen LogP contribution in [0.1, 0.15) is 10.4 Å². The SMILES string of the molecule is O=C([O-])c1ccc(N2C(=O)[C@H]3[C@@H]4C=C[C@](CO)(O4)[C@@H]3C2=O)cc1. The monoisotopic (exact) mass is 314 g/mol. The first-order chi connectivity index (χ1) is 11.0. The Kier molecular flexibility index (Phi) is 2.76. The number of anilines is 1. The lowest BCUT2D eigenvalue weighted by Crippen LogP contribution is -2.43. The molecule has 1 aromatic rings. The Balaban J connectivity index is 1.72. The summed E-state index contributed by atoms with van der Waals surface area (Å²) in [4.78, 5) is 37.2. The van der Waals surface area contributed by atoms with E-state index in [0.717, 1.165) is 4.90 Å². The number of aromatic carboxylic acids is 1. The minimum atomic E-state index is -1.33. The van der Waals surface area contributed by atoms with Crippen molar-refractivity contribution in [1.82, 2.24) is 0 Å². The van der Waals surface area contributed by atoms with Gasteiger partial charge in [0.05, 0.1) is 36.2 Å². The summed E-state index contributed by atoms with van der Waals surface area (Å²) in [5.41, 5.74) is -0.876. The number of hydrogen-bond acceptors (Lipinski definition) is 6. The van der Waals surface area contributed by atoms with Crippen molar-refractivity contribution in [2.75, 3.05) is 11.5 Å². The molecule has 0 unspecified atom stereocenters. The highest BCUT2D eigenvalue weighted by Gasteiger charge is 2.67. The van der Waals surface area contributed by atoms with E-state index in [0.29, 0.717) is 5.69 Å². The van der Waals surface area contributed by atoms with E-state index in [1.165, 1.54) is 24.3 Å². The number of fused-ring (bicyclic) bond motifs is 5. The van der Waals surface area contributed by atoms with Crippen molar-refractivity contribution in [3.05, 3.63) is 42.0 Å². The molecule has 3 aliphatic heterocycles. The molecule has 1 aromatic carbocycles. The molecule has 4 atom stereocenters. The number of benzene rings is 1. The smallest absolute Gasteiger partial charge is 0.241 e. The fourth-order valence-corrected chi connectivity index (χ4v) is 3.69. The minimum absolute atomic E-state index is 0.0371. The highest BCUT2D eigenvalue weighted by Crippen LogP contribution is 2.52. The molecular formula is C16H12NO6-. The Morgan fingerprint density at radius 1 is 1.26 bits per heavy atom. The van der Waals surface area contributed by atoms with Gasteiger partial charge in [0.1, 0.15) is 5.60 Å². The molecule has 1 N–H and O–H groups in total. The van der Waals surface area contributed by atoms with E-state index in [2.05, 4.69) is 0 Å². The van der Waals surface area contributed by atoms with Gasteiger partial charge < -0.3 is 19.7 Å². The number of rotatable bonds is 3. The lowest BCUT2D eigenvalue weighted by atomic mass is 9.77. The van der Waals surface area contributed by atoms with Crippen molar-refractivity contribution in [2.45, 2.75) is 11.7 Å². The van der Waals surface area contributed by atoms with E-state index in [9.17, 15) is 24.6 Å². The Morgan fingerprint density at radius 2 is 1.96 bits per heavy atom. The first kappa shape index (κ1) is 14.1. The molecule has 4 rings (SSSR count). The molecule has 0 spiro atoms. The largest absolute Gasteiger partial charge is 0.545 e. The van der Waals surface area contributed by atoms with E-state index < -0.39 is 41.3 Å². The summed E-state index contributed by atoms with van der Waals surface area (Å²) in [6, 6.07) is 5.35. The summed E-state index contributed by atoms with van der Waals surface area (Å²) in [6.07, 6.45) is 2.83. The molecule has 7 nitrogen and oxygen atoms in total. The lowest BCUT2D eigenvalue weighted by Gasteiger charge is -2.26. The number of ether oxygens (including phenoxy) is 1. The van der Waals surface area contributed by atoms with Gasteiger partial charge in [0.15, 0.2) is 0 Å². The zero-order valence-electron chi connectivity index (χ0n) is 11.8. The van der Waals surface area contributed by atoms with Crippen molar-refractivity contribution in [2.24, 2.45) is 11.8 Å². The van der Waals surface area contributed by atoms with Gasteiger partial charge in [0.25, 0.3) is 0 Å². The third-order valence-corrected chi connectivity index (χ3v) is 4.76. The second-order valence-corrected chi connectivity index (χ2v) is 5.90. The van der Waals surface area contributed by atoms with E-state index >= 15 is 0 Å². The van der Waals surface area contributed by atoms with Crippen molar-refractivity contribution < 1.29 is 29.3 Å². The van der Waals surface area contributed by atoms with Gasteiger partial charge in [-0.3, -0.25) is 9.59 Å². The number of amides is 2. The van der Waals surface area contributed by atoms with Crippen LogP contribution in [-0.2, 0) is 14.3 Å². The van der Waals surface area contributed by atoms with Crippen LogP contribution in [0.25, 0.3) is 0 Å². The molecule has 0 aliphatic carbocycles. The van der Waals surface area contributed by atoms with Gasteiger partial charge in [0.2, 0.25) is 11.8 Å². The molecule has 2 saturated heterocycles. The van der Waals surface area contributed by atoms with E-state index in [1.807, 2.05) is 0 Å². The van der Waals surface area contributed by atoms with Crippen LogP contribution in [0.15, 0.2) is 36.4 Å². The van der Waals surface area contributed by atoms with Crippen molar-refractivity contribution in [3.63, 3.8) is 0 Å². The number of carbonyl (C=O) groups excluding carboxylic acids is 3. The van der Waals surface area contributed by atoms with Crippen LogP contribution in [0, 0.1) is 11.8 Å². The molecule has 7 heteroatoms. The third-order valence-electron chi connectivity index (χ3n) is 4.76. The Hall–Kier alpha value is -2.51. The summed E-state index contributed by atoms with van der Waals surface area (Å²) in [7, 11) is 0. The van der Waals surface area contributed by atoms with Gasteiger partial charge in [-0.15, -0.1) is 0 Å². The Morgan fingerprint density at radius 3 is 2.57 bits per heavy atom. The molecule has 3 heterocycles. The Bertz CT molecular complexity index is 754. The molecule has 0 saturated carbocycles. The number of aliphatic hydroxyl groups is 1. The molecule has 0 radical (unpaired) electrons. The predicted octanol–water partition coefficient (Wildman–Crippen LogP) is -1.14. The average Bonchev–Trinajstić information content (AvgIpc) is 3.19. The maximum absolute atomic E-state index is 12.7. The van der Waals surface area contributed by atoms with Gasteiger partial charge >= 0.3 is 0 Å². The number of nitrogens with zero attached hydrogens (tertiary/aromatic N) is 1. The van der Waals surface area contributed by atoms with E-state index in [1.54, 1.807) is 12.2 Å². The molecular weight excluding hydrogens is 302 g/mol. The second-order valence-electron chi connectivity index (χ2n) is 5.90. The van der Waals surface area contributed by atoms with Gasteiger partial charge in [-0.05, 0) is 17.7 Å². The summed E-state index contributed by atoms with van der Waals surface area (Å²) < 4.78 is 5.64. The van der Waals surface area contributed by atoms with Crippen molar-refractivity contribution >= 4 is 23.5 Å². The maximum atomic E-state index is 12.7. The van der Waals surface area contributed by atoms with E-state index in [4.69, 9.17) is 4.74 Å². The predicted molar refractivity (Wildman–Crippen MR) is 74.1 cm³/mol. The van der Waals surface area contributed by atoms with Crippen LogP contribution < -0.4 is 10.0 Å². The summed E-state index contributed by atoms with van der Waals surface area (Å²) in [5, 5.41) is 20.4. The molecule has 0 aromatic heterocycles. The highest BCUT2D eigenvalue weighted by atomic mass is 16.5. The molecule has 2 bridgehead atoms. The topological polar surface area (TPSA) is 107 Å². The molecule has 2 amide bonds. The first-order valence-electron chi connectivity index (χ1n) is 7.16. The number of aliphatic hydroxyl groups excluding tert-OH is 1.